The van der Waals surface area contributed by atoms with E-state index in [2.05, 4.69) is 5.32 Å². The molecule has 5 heteroatoms. The number of thiophene rings is 1. The Hall–Kier alpha value is -1.36. The summed E-state index contributed by atoms with van der Waals surface area (Å²) >= 11 is 1.62. The van der Waals surface area contributed by atoms with Crippen LogP contribution in [0.2, 0.25) is 0 Å². The number of rotatable bonds is 3. The molecule has 0 aromatic carbocycles. The highest BCUT2D eigenvalue weighted by molar-refractivity contribution is 7.10. The molecule has 1 heterocycles. The monoisotopic (exact) mass is 253 g/mol. The summed E-state index contributed by atoms with van der Waals surface area (Å²) in [7, 11) is 1.52. The van der Waals surface area contributed by atoms with Crippen molar-refractivity contribution in [2.75, 3.05) is 13.7 Å². The Morgan fingerprint density at radius 3 is 2.94 bits per heavy atom. The maximum absolute atomic E-state index is 11.8. The molecule has 2 rings (SSSR count). The number of ether oxygens (including phenoxy) is 1. The van der Waals surface area contributed by atoms with Gasteiger partial charge in [0.15, 0.2) is 6.61 Å². The van der Waals surface area contributed by atoms with Crippen LogP contribution in [-0.4, -0.2) is 25.5 Å². The second-order valence-corrected chi connectivity index (χ2v) is 4.97. The van der Waals surface area contributed by atoms with E-state index in [1.165, 1.54) is 18.3 Å². The zero-order valence-electron chi connectivity index (χ0n) is 9.75. The topological polar surface area (TPSA) is 55.4 Å². The van der Waals surface area contributed by atoms with Gasteiger partial charge in [0.25, 0.3) is 5.91 Å². The fourth-order valence-electron chi connectivity index (χ4n) is 1.95. The zero-order chi connectivity index (χ0) is 12.3. The van der Waals surface area contributed by atoms with Crippen LogP contribution in [-0.2, 0) is 22.4 Å². The molecule has 0 bridgehead atoms. The number of nitrogens with one attached hydrogen (secondary N) is 1. The lowest BCUT2D eigenvalue weighted by Gasteiger charge is -2.12. The average Bonchev–Trinajstić information content (AvgIpc) is 2.79. The van der Waals surface area contributed by atoms with E-state index in [-0.39, 0.29) is 18.5 Å². The maximum Gasteiger partial charge on any atom is 0.339 e. The number of carbonyl (C=O) groups is 2. The number of fused-ring (bicyclic) bond motifs is 1. The predicted octanol–water partition coefficient (Wildman–Crippen LogP) is 1.53. The third-order valence-electron chi connectivity index (χ3n) is 2.89. The smallest absolute Gasteiger partial charge is 0.339 e. The van der Waals surface area contributed by atoms with Crippen molar-refractivity contribution in [3.05, 3.63) is 21.4 Å². The summed E-state index contributed by atoms with van der Waals surface area (Å²) in [5, 5.41) is 4.26. The van der Waals surface area contributed by atoms with Crippen molar-refractivity contribution in [3.63, 3.8) is 0 Å². The molecule has 17 heavy (non-hydrogen) atoms. The van der Waals surface area contributed by atoms with Crippen LogP contribution in [0.5, 0.6) is 0 Å². The first kappa shape index (κ1) is 12.1. The fraction of sp³-hybridized carbons (Fsp3) is 0.500. The Morgan fingerprint density at radius 1 is 1.41 bits per heavy atom. The molecule has 1 aromatic rings. The van der Waals surface area contributed by atoms with Gasteiger partial charge >= 0.3 is 5.97 Å². The van der Waals surface area contributed by atoms with E-state index < -0.39 is 0 Å². The maximum atomic E-state index is 11.8. The van der Waals surface area contributed by atoms with Gasteiger partial charge in [-0.2, -0.15) is 0 Å². The molecule has 0 radical (unpaired) electrons. The molecule has 0 atom stereocenters. The van der Waals surface area contributed by atoms with Gasteiger partial charge in [-0.05, 0) is 31.2 Å². The average molecular weight is 253 g/mol. The third kappa shape index (κ3) is 2.66. The molecule has 1 aliphatic rings. The first-order chi connectivity index (χ1) is 8.22. The zero-order valence-corrected chi connectivity index (χ0v) is 10.6. The van der Waals surface area contributed by atoms with Crippen LogP contribution in [0, 0.1) is 0 Å². The highest BCUT2D eigenvalue weighted by Crippen LogP contribution is 2.30. The number of likely N-dealkylation sites (N-methyl/N-ethyl adjacent to an activating group) is 1. The summed E-state index contributed by atoms with van der Waals surface area (Å²) in [6.45, 7) is -0.208. The SMILES string of the molecule is CNC(=O)COC(=O)c1csc2c1CCCC2. The van der Waals surface area contributed by atoms with Gasteiger partial charge in [0.05, 0.1) is 5.56 Å². The van der Waals surface area contributed by atoms with E-state index in [0.29, 0.717) is 5.56 Å². The van der Waals surface area contributed by atoms with Gasteiger partial charge < -0.3 is 10.1 Å². The summed E-state index contributed by atoms with van der Waals surface area (Å²) in [5.41, 5.74) is 1.77. The van der Waals surface area contributed by atoms with Crippen molar-refractivity contribution >= 4 is 23.2 Å². The van der Waals surface area contributed by atoms with E-state index >= 15 is 0 Å². The molecule has 1 aliphatic carbocycles. The number of aryl methyl sites for hydroxylation is 1. The molecule has 1 amide bonds. The van der Waals surface area contributed by atoms with Crippen molar-refractivity contribution < 1.29 is 14.3 Å². The standard InChI is InChI=1S/C12H15NO3S/c1-13-11(14)6-16-12(15)9-7-17-10-5-3-2-4-8(9)10/h7H,2-6H2,1H3,(H,13,14). The van der Waals surface area contributed by atoms with Crippen molar-refractivity contribution in [1.82, 2.24) is 5.32 Å². The summed E-state index contributed by atoms with van der Waals surface area (Å²) < 4.78 is 4.96. The van der Waals surface area contributed by atoms with Gasteiger partial charge in [0.2, 0.25) is 0 Å². The van der Waals surface area contributed by atoms with Crippen molar-refractivity contribution in [2.24, 2.45) is 0 Å². The second-order valence-electron chi connectivity index (χ2n) is 4.01. The normalized spacial score (nSPS) is 13.9. The molecule has 4 nitrogen and oxygen atoms in total. The fourth-order valence-corrected chi connectivity index (χ4v) is 3.06. The molecule has 1 N–H and O–H groups in total. The molecule has 0 saturated carbocycles. The van der Waals surface area contributed by atoms with E-state index in [1.54, 1.807) is 11.3 Å². The van der Waals surface area contributed by atoms with E-state index in [4.69, 9.17) is 4.74 Å². The summed E-state index contributed by atoms with van der Waals surface area (Å²) in [6, 6.07) is 0. The van der Waals surface area contributed by atoms with Gasteiger partial charge in [0.1, 0.15) is 0 Å². The van der Waals surface area contributed by atoms with Gasteiger partial charge in [-0.1, -0.05) is 0 Å². The Balaban J connectivity index is 2.04. The van der Waals surface area contributed by atoms with Crippen LogP contribution >= 0.6 is 11.3 Å². The predicted molar refractivity (Wildman–Crippen MR) is 65.3 cm³/mol. The minimum Gasteiger partial charge on any atom is -0.452 e. The van der Waals surface area contributed by atoms with Gasteiger partial charge in [0, 0.05) is 17.3 Å². The number of carbonyl (C=O) groups excluding carboxylic acids is 2. The van der Waals surface area contributed by atoms with Crippen molar-refractivity contribution in [3.8, 4) is 0 Å². The van der Waals surface area contributed by atoms with E-state index in [9.17, 15) is 9.59 Å². The summed E-state index contributed by atoms with van der Waals surface area (Å²) in [4.78, 5) is 24.1. The Kier molecular flexibility index (Phi) is 3.78. The van der Waals surface area contributed by atoms with Gasteiger partial charge in [-0.15, -0.1) is 11.3 Å². The molecule has 0 saturated heterocycles. The molecular weight excluding hydrogens is 238 g/mol. The molecule has 1 aromatic heterocycles. The highest BCUT2D eigenvalue weighted by Gasteiger charge is 2.21. The first-order valence-electron chi connectivity index (χ1n) is 5.69. The quantitative estimate of drug-likeness (QED) is 0.831. The number of esters is 1. The minimum absolute atomic E-state index is 0.208. The molecule has 0 aliphatic heterocycles. The number of hydrogen-bond donors (Lipinski definition) is 1. The Morgan fingerprint density at radius 2 is 2.18 bits per heavy atom. The van der Waals surface area contributed by atoms with Crippen molar-refractivity contribution in [1.29, 1.82) is 0 Å². The molecule has 0 fully saturated rings. The van der Waals surface area contributed by atoms with Gasteiger partial charge in [-0.3, -0.25) is 4.79 Å². The Labute approximate surface area is 104 Å². The first-order valence-corrected chi connectivity index (χ1v) is 6.57. The Bertz CT molecular complexity index is 439. The lowest BCUT2D eigenvalue weighted by Crippen LogP contribution is -2.25. The van der Waals surface area contributed by atoms with E-state index in [0.717, 1.165) is 24.8 Å². The van der Waals surface area contributed by atoms with Crippen LogP contribution in [0.25, 0.3) is 0 Å². The molecule has 92 valence electrons. The van der Waals surface area contributed by atoms with Gasteiger partial charge in [-0.25, -0.2) is 4.79 Å². The van der Waals surface area contributed by atoms with Crippen molar-refractivity contribution in [2.45, 2.75) is 25.7 Å². The second kappa shape index (κ2) is 5.31. The lowest BCUT2D eigenvalue weighted by molar-refractivity contribution is -0.123. The molecule has 0 spiro atoms. The largest absolute Gasteiger partial charge is 0.452 e. The number of amides is 1. The third-order valence-corrected chi connectivity index (χ3v) is 3.98. The number of hydrogen-bond acceptors (Lipinski definition) is 4. The lowest BCUT2D eigenvalue weighted by atomic mass is 9.96. The summed E-state index contributed by atoms with van der Waals surface area (Å²) in [6.07, 6.45) is 4.33. The molecular formula is C12H15NO3S. The van der Waals surface area contributed by atoms with Crippen LogP contribution in [0.3, 0.4) is 0 Å². The van der Waals surface area contributed by atoms with Crippen LogP contribution in [0.15, 0.2) is 5.38 Å². The molecule has 0 unspecified atom stereocenters. The van der Waals surface area contributed by atoms with E-state index in [1.807, 2.05) is 5.38 Å². The minimum atomic E-state index is -0.381. The van der Waals surface area contributed by atoms with Crippen LogP contribution in [0.4, 0.5) is 0 Å². The highest BCUT2D eigenvalue weighted by atomic mass is 32.1. The van der Waals surface area contributed by atoms with Crippen LogP contribution in [0.1, 0.15) is 33.6 Å². The van der Waals surface area contributed by atoms with Crippen LogP contribution < -0.4 is 5.32 Å². The summed E-state index contributed by atoms with van der Waals surface area (Å²) in [5.74, 6) is -0.671.